The quantitative estimate of drug-likeness (QED) is 0.753. The number of hydrogen-bond acceptors (Lipinski definition) is 6. The monoisotopic (exact) mass is 265 g/mol. The van der Waals surface area contributed by atoms with Gasteiger partial charge >= 0.3 is 17.7 Å². The van der Waals surface area contributed by atoms with Crippen molar-refractivity contribution in [2.24, 2.45) is 0 Å². The Morgan fingerprint density at radius 1 is 1.26 bits per heavy atom. The lowest BCUT2D eigenvalue weighted by molar-refractivity contribution is -0.141. The van der Waals surface area contributed by atoms with Gasteiger partial charge in [0.15, 0.2) is 5.58 Å². The molecule has 0 saturated heterocycles. The second-order valence-electron chi connectivity index (χ2n) is 3.70. The second kappa shape index (κ2) is 4.97. The van der Waals surface area contributed by atoms with Gasteiger partial charge in [0.2, 0.25) is 0 Å². The van der Waals surface area contributed by atoms with Crippen LogP contribution in [0.15, 0.2) is 27.4 Å². The Morgan fingerprint density at radius 3 is 2.63 bits per heavy atom. The van der Waals surface area contributed by atoms with Gasteiger partial charge in [0, 0.05) is 0 Å². The van der Waals surface area contributed by atoms with Gasteiger partial charge < -0.3 is 13.9 Å². The molecule has 19 heavy (non-hydrogen) atoms. The van der Waals surface area contributed by atoms with Gasteiger partial charge in [-0.3, -0.25) is 9.36 Å². The Kier molecular flexibility index (Phi) is 3.37. The Balaban J connectivity index is 2.51. The molecule has 100 valence electrons. The maximum atomic E-state index is 11.6. The zero-order valence-corrected chi connectivity index (χ0v) is 10.3. The molecule has 0 unspecified atom stereocenters. The number of aromatic nitrogens is 1. The number of carbonyl (C=O) groups is 2. The van der Waals surface area contributed by atoms with Gasteiger partial charge in [0.25, 0.3) is 0 Å². The fourth-order valence-corrected chi connectivity index (χ4v) is 1.65. The largest absolute Gasteiger partial charge is 0.468 e. The summed E-state index contributed by atoms with van der Waals surface area (Å²) in [5.74, 6) is -1.80. The third kappa shape index (κ3) is 2.35. The number of ether oxygens (including phenoxy) is 2. The third-order valence-electron chi connectivity index (χ3n) is 2.60. The van der Waals surface area contributed by atoms with Crippen molar-refractivity contribution >= 4 is 23.0 Å². The van der Waals surface area contributed by atoms with Gasteiger partial charge in [-0.15, -0.1) is 0 Å². The molecule has 1 aromatic heterocycles. The number of oxazole rings is 1. The molecule has 1 aromatic carbocycles. The van der Waals surface area contributed by atoms with Crippen LogP contribution in [0.5, 0.6) is 0 Å². The van der Waals surface area contributed by atoms with Gasteiger partial charge in [0.1, 0.15) is 6.54 Å². The van der Waals surface area contributed by atoms with Gasteiger partial charge in [-0.1, -0.05) is 0 Å². The number of methoxy groups -OCH3 is 2. The van der Waals surface area contributed by atoms with Crippen LogP contribution >= 0.6 is 0 Å². The molecule has 0 atom stereocenters. The van der Waals surface area contributed by atoms with E-state index in [1.807, 2.05) is 0 Å². The Morgan fingerprint density at radius 2 is 2.00 bits per heavy atom. The minimum atomic E-state index is -0.692. The summed E-state index contributed by atoms with van der Waals surface area (Å²) in [5.41, 5.74) is 0.869. The SMILES string of the molecule is COC(=O)Cn1c(=O)oc2cc(C(=O)OC)ccc21. The molecule has 2 rings (SSSR count). The van der Waals surface area contributed by atoms with Gasteiger partial charge in [-0.25, -0.2) is 9.59 Å². The highest BCUT2D eigenvalue weighted by Crippen LogP contribution is 2.15. The molecule has 0 fully saturated rings. The van der Waals surface area contributed by atoms with E-state index in [2.05, 4.69) is 9.47 Å². The van der Waals surface area contributed by atoms with Crippen LogP contribution in [0.4, 0.5) is 0 Å². The van der Waals surface area contributed by atoms with Crippen molar-refractivity contribution < 1.29 is 23.5 Å². The number of esters is 2. The number of benzene rings is 1. The van der Waals surface area contributed by atoms with Gasteiger partial charge in [-0.05, 0) is 18.2 Å². The fourth-order valence-electron chi connectivity index (χ4n) is 1.65. The van der Waals surface area contributed by atoms with Crippen LogP contribution in [0.3, 0.4) is 0 Å². The minimum absolute atomic E-state index is 0.205. The first-order valence-corrected chi connectivity index (χ1v) is 5.35. The van der Waals surface area contributed by atoms with Crippen LogP contribution in [0.1, 0.15) is 10.4 Å². The van der Waals surface area contributed by atoms with Crippen molar-refractivity contribution in [2.45, 2.75) is 6.54 Å². The van der Waals surface area contributed by atoms with Crippen molar-refractivity contribution in [3.63, 3.8) is 0 Å². The van der Waals surface area contributed by atoms with E-state index in [9.17, 15) is 14.4 Å². The highest BCUT2D eigenvalue weighted by atomic mass is 16.5. The van der Waals surface area contributed by atoms with Crippen LogP contribution in [0.25, 0.3) is 11.1 Å². The first kappa shape index (κ1) is 12.9. The van der Waals surface area contributed by atoms with E-state index in [-0.39, 0.29) is 17.7 Å². The van der Waals surface area contributed by atoms with Crippen molar-refractivity contribution in [1.29, 1.82) is 0 Å². The van der Waals surface area contributed by atoms with E-state index in [1.54, 1.807) is 0 Å². The number of rotatable bonds is 3. The second-order valence-corrected chi connectivity index (χ2v) is 3.70. The molecular weight excluding hydrogens is 254 g/mol. The fraction of sp³-hybridized carbons (Fsp3) is 0.250. The normalized spacial score (nSPS) is 10.4. The number of fused-ring (bicyclic) bond motifs is 1. The van der Waals surface area contributed by atoms with Crippen molar-refractivity contribution in [2.75, 3.05) is 14.2 Å². The van der Waals surface area contributed by atoms with Crippen molar-refractivity contribution in [3.05, 3.63) is 34.3 Å². The lowest BCUT2D eigenvalue weighted by atomic mass is 10.2. The average Bonchev–Trinajstić information content (AvgIpc) is 2.73. The Hall–Kier alpha value is -2.57. The summed E-state index contributed by atoms with van der Waals surface area (Å²) in [5, 5.41) is 0. The highest BCUT2D eigenvalue weighted by molar-refractivity contribution is 5.93. The summed E-state index contributed by atoms with van der Waals surface area (Å²) in [6, 6.07) is 4.38. The maximum Gasteiger partial charge on any atom is 0.420 e. The predicted octanol–water partition coefficient (Wildman–Crippen LogP) is 0.554. The minimum Gasteiger partial charge on any atom is -0.468 e. The molecule has 0 N–H and O–H groups in total. The molecule has 0 radical (unpaired) electrons. The zero-order valence-electron chi connectivity index (χ0n) is 10.3. The van der Waals surface area contributed by atoms with E-state index in [1.165, 1.54) is 32.4 Å². The lowest BCUT2D eigenvalue weighted by Crippen LogP contribution is -2.20. The van der Waals surface area contributed by atoms with Crippen LogP contribution < -0.4 is 5.76 Å². The molecule has 0 saturated carbocycles. The molecule has 0 aliphatic carbocycles. The summed E-state index contributed by atoms with van der Waals surface area (Å²) in [4.78, 5) is 34.2. The predicted molar refractivity (Wildman–Crippen MR) is 63.8 cm³/mol. The van der Waals surface area contributed by atoms with Gasteiger partial charge in [-0.2, -0.15) is 0 Å². The summed E-state index contributed by atoms with van der Waals surface area (Å²) < 4.78 is 15.2. The molecule has 7 heteroatoms. The Labute approximate surface area is 107 Å². The van der Waals surface area contributed by atoms with E-state index in [4.69, 9.17) is 4.42 Å². The number of carbonyl (C=O) groups excluding carboxylic acids is 2. The summed E-state index contributed by atoms with van der Waals surface area (Å²) in [7, 11) is 2.48. The zero-order chi connectivity index (χ0) is 14.0. The first-order chi connectivity index (χ1) is 9.06. The van der Waals surface area contributed by atoms with Crippen LogP contribution in [-0.4, -0.2) is 30.7 Å². The van der Waals surface area contributed by atoms with Crippen molar-refractivity contribution in [3.8, 4) is 0 Å². The van der Waals surface area contributed by atoms with Crippen LogP contribution in [0.2, 0.25) is 0 Å². The standard InChI is InChI=1S/C12H11NO6/c1-17-10(14)6-13-8-4-3-7(11(15)18-2)5-9(8)19-12(13)16/h3-5H,6H2,1-2H3. The van der Waals surface area contributed by atoms with Crippen LogP contribution in [0, 0.1) is 0 Å². The maximum absolute atomic E-state index is 11.6. The average molecular weight is 265 g/mol. The third-order valence-corrected chi connectivity index (χ3v) is 2.60. The van der Waals surface area contributed by atoms with E-state index < -0.39 is 17.7 Å². The summed E-state index contributed by atoms with van der Waals surface area (Å²) >= 11 is 0. The molecule has 0 aliphatic heterocycles. The molecule has 0 aliphatic rings. The smallest absolute Gasteiger partial charge is 0.420 e. The van der Waals surface area contributed by atoms with E-state index >= 15 is 0 Å². The molecule has 0 amide bonds. The van der Waals surface area contributed by atoms with E-state index in [0.29, 0.717) is 5.52 Å². The molecule has 2 aromatic rings. The van der Waals surface area contributed by atoms with Crippen molar-refractivity contribution in [1.82, 2.24) is 4.57 Å². The molecular formula is C12H11NO6. The molecule has 1 heterocycles. The van der Waals surface area contributed by atoms with Crippen LogP contribution in [-0.2, 0) is 20.8 Å². The summed E-state index contributed by atoms with van der Waals surface area (Å²) in [6.07, 6.45) is 0. The lowest BCUT2D eigenvalue weighted by Gasteiger charge is -2.01. The first-order valence-electron chi connectivity index (χ1n) is 5.35. The Bertz CT molecular complexity index is 696. The molecule has 0 spiro atoms. The number of hydrogen-bond donors (Lipinski definition) is 0. The summed E-state index contributed by atoms with van der Waals surface area (Å²) in [6.45, 7) is -0.250. The molecule has 7 nitrogen and oxygen atoms in total. The van der Waals surface area contributed by atoms with Gasteiger partial charge in [0.05, 0.1) is 25.3 Å². The number of nitrogens with zero attached hydrogens (tertiary/aromatic N) is 1. The molecule has 0 bridgehead atoms. The van der Waals surface area contributed by atoms with E-state index in [0.717, 1.165) is 4.57 Å². The highest BCUT2D eigenvalue weighted by Gasteiger charge is 2.15. The topological polar surface area (TPSA) is 87.7 Å².